The van der Waals surface area contributed by atoms with E-state index in [0.29, 0.717) is 18.4 Å². The Morgan fingerprint density at radius 2 is 2.29 bits per heavy atom. The average molecular weight is 306 g/mol. The molecular weight excluding hydrogens is 284 g/mol. The van der Waals surface area contributed by atoms with Crippen LogP contribution < -0.4 is 10.6 Å². The summed E-state index contributed by atoms with van der Waals surface area (Å²) in [5.74, 6) is 2.05. The smallest absolute Gasteiger partial charge is 0.236 e. The molecule has 0 saturated heterocycles. The highest BCUT2D eigenvalue weighted by atomic mass is 32.1. The highest BCUT2D eigenvalue weighted by Gasteiger charge is 2.07. The lowest BCUT2D eigenvalue weighted by Gasteiger charge is -2.12. The van der Waals surface area contributed by atoms with E-state index in [4.69, 9.17) is 4.42 Å². The van der Waals surface area contributed by atoms with Gasteiger partial charge >= 0.3 is 0 Å². The molecule has 0 aliphatic carbocycles. The van der Waals surface area contributed by atoms with Gasteiger partial charge in [-0.05, 0) is 24.3 Å². The monoisotopic (exact) mass is 306 g/mol. The summed E-state index contributed by atoms with van der Waals surface area (Å²) in [6.45, 7) is 8.62. The number of aromatic nitrogens is 1. The van der Waals surface area contributed by atoms with Crippen LogP contribution in [0.4, 0.5) is 0 Å². The van der Waals surface area contributed by atoms with E-state index in [1.807, 2.05) is 17.5 Å². The molecule has 0 spiro atoms. The van der Waals surface area contributed by atoms with E-state index in [0.717, 1.165) is 29.6 Å². The summed E-state index contributed by atoms with van der Waals surface area (Å²) in [6.07, 6.45) is 1.67. The molecule has 0 saturated carbocycles. The highest BCUT2D eigenvalue weighted by Crippen LogP contribution is 2.23. The number of rotatable bonds is 6. The van der Waals surface area contributed by atoms with Crippen molar-refractivity contribution in [1.82, 2.24) is 15.6 Å². The Balaban J connectivity index is 1.97. The van der Waals surface area contributed by atoms with Gasteiger partial charge in [-0.25, -0.2) is 9.98 Å². The first kappa shape index (κ1) is 15.6. The first-order chi connectivity index (χ1) is 10.2. The average Bonchev–Trinajstić information content (AvgIpc) is 3.11. The summed E-state index contributed by atoms with van der Waals surface area (Å²) >= 11 is 1.62. The summed E-state index contributed by atoms with van der Waals surface area (Å²) in [7, 11) is 0. The lowest BCUT2D eigenvalue weighted by atomic mass is 10.2. The third-order valence-corrected chi connectivity index (χ3v) is 3.56. The fraction of sp³-hybridized carbons (Fsp3) is 0.467. The number of thiophene rings is 1. The quantitative estimate of drug-likeness (QED) is 0.636. The Kier molecular flexibility index (Phi) is 5.80. The minimum Gasteiger partial charge on any atom is -0.443 e. The zero-order valence-electron chi connectivity index (χ0n) is 12.7. The van der Waals surface area contributed by atoms with E-state index >= 15 is 0 Å². The predicted octanol–water partition coefficient (Wildman–Crippen LogP) is 3.11. The maximum Gasteiger partial charge on any atom is 0.236 e. The largest absolute Gasteiger partial charge is 0.443 e. The van der Waals surface area contributed by atoms with Crippen LogP contribution in [0.5, 0.6) is 0 Å². The molecule has 0 atom stereocenters. The van der Waals surface area contributed by atoms with Gasteiger partial charge in [-0.2, -0.15) is 0 Å². The van der Waals surface area contributed by atoms with Crippen LogP contribution in [-0.2, 0) is 6.54 Å². The van der Waals surface area contributed by atoms with Gasteiger partial charge in [-0.15, -0.1) is 11.3 Å². The molecular formula is C15H22N4OS. The molecule has 0 amide bonds. The van der Waals surface area contributed by atoms with E-state index in [2.05, 4.69) is 41.4 Å². The molecule has 114 valence electrons. The maximum atomic E-state index is 5.49. The molecule has 0 fully saturated rings. The molecule has 5 nitrogen and oxygen atoms in total. The predicted molar refractivity (Wildman–Crippen MR) is 87.5 cm³/mol. The van der Waals surface area contributed by atoms with Crippen molar-refractivity contribution in [1.29, 1.82) is 0 Å². The Hall–Kier alpha value is -1.82. The van der Waals surface area contributed by atoms with Gasteiger partial charge in [0, 0.05) is 13.1 Å². The van der Waals surface area contributed by atoms with Crippen LogP contribution in [0.1, 0.15) is 26.5 Å². The zero-order chi connectivity index (χ0) is 15.1. The van der Waals surface area contributed by atoms with Gasteiger partial charge in [0.05, 0.1) is 11.4 Å². The maximum absolute atomic E-state index is 5.49. The van der Waals surface area contributed by atoms with E-state index in [-0.39, 0.29) is 0 Å². The van der Waals surface area contributed by atoms with Crippen LogP contribution in [0.2, 0.25) is 0 Å². The van der Waals surface area contributed by atoms with Gasteiger partial charge in [0.25, 0.3) is 0 Å². The van der Waals surface area contributed by atoms with Crippen molar-refractivity contribution >= 4 is 17.3 Å². The standard InChI is InChI=1S/C15H22N4OS/c1-4-16-15(17-8-11(2)3)18-9-12-10-20-14(19-12)13-6-5-7-21-13/h5-7,10-11H,4,8-9H2,1-3H3,(H2,16,17,18). The number of nitrogens with one attached hydrogen (secondary N) is 2. The Labute approximate surface area is 129 Å². The molecule has 2 N–H and O–H groups in total. The van der Waals surface area contributed by atoms with Gasteiger partial charge < -0.3 is 15.1 Å². The van der Waals surface area contributed by atoms with Crippen LogP contribution in [0, 0.1) is 5.92 Å². The number of hydrogen-bond donors (Lipinski definition) is 2. The summed E-state index contributed by atoms with van der Waals surface area (Å²) in [4.78, 5) is 10.0. The summed E-state index contributed by atoms with van der Waals surface area (Å²) in [5, 5.41) is 8.54. The second kappa shape index (κ2) is 7.83. The zero-order valence-corrected chi connectivity index (χ0v) is 13.5. The molecule has 2 heterocycles. The summed E-state index contributed by atoms with van der Waals surface area (Å²) < 4.78 is 5.49. The molecule has 6 heteroatoms. The SMILES string of the molecule is CCNC(=NCc1coc(-c2cccs2)n1)NCC(C)C. The number of hydrogen-bond acceptors (Lipinski definition) is 4. The van der Waals surface area contributed by atoms with Gasteiger partial charge in [0.2, 0.25) is 5.89 Å². The van der Waals surface area contributed by atoms with Crippen LogP contribution in [0.3, 0.4) is 0 Å². The molecule has 2 aromatic heterocycles. The van der Waals surface area contributed by atoms with Gasteiger partial charge in [0.1, 0.15) is 12.0 Å². The summed E-state index contributed by atoms with van der Waals surface area (Å²) in [6, 6.07) is 3.99. The minimum atomic E-state index is 0.502. The van der Waals surface area contributed by atoms with Crippen molar-refractivity contribution in [2.75, 3.05) is 13.1 Å². The molecule has 2 aromatic rings. The van der Waals surface area contributed by atoms with Crippen molar-refractivity contribution in [2.24, 2.45) is 10.9 Å². The molecule has 0 aromatic carbocycles. The van der Waals surface area contributed by atoms with Crippen LogP contribution in [0.15, 0.2) is 33.2 Å². The highest BCUT2D eigenvalue weighted by molar-refractivity contribution is 7.13. The van der Waals surface area contributed by atoms with Crippen molar-refractivity contribution < 1.29 is 4.42 Å². The van der Waals surface area contributed by atoms with Crippen molar-refractivity contribution in [2.45, 2.75) is 27.3 Å². The van der Waals surface area contributed by atoms with Crippen molar-refractivity contribution in [3.8, 4) is 10.8 Å². The molecule has 21 heavy (non-hydrogen) atoms. The molecule has 0 radical (unpaired) electrons. The molecule has 0 bridgehead atoms. The number of nitrogens with zero attached hydrogens (tertiary/aromatic N) is 2. The van der Waals surface area contributed by atoms with Gasteiger partial charge in [-0.3, -0.25) is 0 Å². The Morgan fingerprint density at radius 1 is 1.43 bits per heavy atom. The fourth-order valence-corrected chi connectivity index (χ4v) is 2.35. The molecule has 0 aliphatic heterocycles. The number of aliphatic imine (C=N–C) groups is 1. The lowest BCUT2D eigenvalue weighted by molar-refractivity contribution is 0.574. The topological polar surface area (TPSA) is 62.5 Å². The Bertz CT molecular complexity index is 560. The van der Waals surface area contributed by atoms with Crippen LogP contribution in [0.25, 0.3) is 10.8 Å². The van der Waals surface area contributed by atoms with Crippen LogP contribution in [-0.4, -0.2) is 24.0 Å². The van der Waals surface area contributed by atoms with E-state index in [1.54, 1.807) is 17.6 Å². The Morgan fingerprint density at radius 3 is 2.95 bits per heavy atom. The second-order valence-electron chi connectivity index (χ2n) is 5.09. The van der Waals surface area contributed by atoms with Crippen molar-refractivity contribution in [3.63, 3.8) is 0 Å². The van der Waals surface area contributed by atoms with E-state index in [1.165, 1.54) is 0 Å². The molecule has 2 rings (SSSR count). The first-order valence-electron chi connectivity index (χ1n) is 7.19. The van der Waals surface area contributed by atoms with Crippen LogP contribution >= 0.6 is 11.3 Å². The molecule has 0 unspecified atom stereocenters. The minimum absolute atomic E-state index is 0.502. The third-order valence-electron chi connectivity index (χ3n) is 2.70. The number of guanidine groups is 1. The summed E-state index contributed by atoms with van der Waals surface area (Å²) in [5.41, 5.74) is 0.833. The van der Waals surface area contributed by atoms with Crippen molar-refractivity contribution in [3.05, 3.63) is 29.5 Å². The third kappa shape index (κ3) is 4.90. The lowest BCUT2D eigenvalue weighted by Crippen LogP contribution is -2.39. The van der Waals surface area contributed by atoms with Gasteiger partial charge in [-0.1, -0.05) is 19.9 Å². The number of oxazole rings is 1. The fourth-order valence-electron chi connectivity index (χ4n) is 1.70. The molecule has 0 aliphatic rings. The van der Waals surface area contributed by atoms with Gasteiger partial charge in [0.15, 0.2) is 5.96 Å². The normalized spacial score (nSPS) is 11.9. The second-order valence-corrected chi connectivity index (χ2v) is 6.04. The van der Waals surface area contributed by atoms with E-state index in [9.17, 15) is 0 Å². The first-order valence-corrected chi connectivity index (χ1v) is 8.07. The van der Waals surface area contributed by atoms with E-state index < -0.39 is 0 Å².